The minimum absolute atomic E-state index is 0.000112. The van der Waals surface area contributed by atoms with Gasteiger partial charge in [0.05, 0.1) is 36.3 Å². The van der Waals surface area contributed by atoms with E-state index in [4.69, 9.17) is 5.73 Å². The topological polar surface area (TPSA) is 165 Å². The van der Waals surface area contributed by atoms with Crippen LogP contribution in [0.5, 0.6) is 0 Å². The number of hydrogen-bond donors (Lipinski definition) is 1. The molecule has 0 heterocycles. The maximum absolute atomic E-state index is 16.5. The minimum Gasteiger partial charge on any atom is -0.366 e. The maximum Gasteiger partial charge on any atom is 0.255 e. The van der Waals surface area contributed by atoms with Gasteiger partial charge in [0.15, 0.2) is 0 Å². The number of primary amides is 1. The first-order chi connectivity index (χ1) is 56.9. The Morgan fingerprint density at radius 1 is 0.197 bits per heavy atom. The molecule has 2 N–H and O–H groups in total. The molecule has 13 rings (SSSR count). The van der Waals surface area contributed by atoms with Crippen LogP contribution in [0.4, 0.5) is 0 Å². The Hall–Kier alpha value is -13.9. The van der Waals surface area contributed by atoms with Gasteiger partial charge in [-0.25, -0.2) is 0 Å². The van der Waals surface area contributed by atoms with E-state index in [1.54, 1.807) is 73.0 Å². The zero-order chi connectivity index (χ0) is 81.9. The predicted molar refractivity (Wildman–Crippen MR) is 462 cm³/mol. The summed E-state index contributed by atoms with van der Waals surface area (Å²) in [4.78, 5) is 119. The molecule has 0 fully saturated rings. The zero-order valence-electron chi connectivity index (χ0n) is 66.9. The summed E-state index contributed by atoms with van der Waals surface area (Å²) in [5.74, 6) is -2.40. The maximum atomic E-state index is 16.5. The lowest BCUT2D eigenvalue weighted by atomic mass is 9.97. The molecule has 0 bridgehead atoms. The van der Waals surface area contributed by atoms with E-state index >= 15 is 24.0 Å². The summed E-state index contributed by atoms with van der Waals surface area (Å²) in [6.45, 7) is 12.0. The van der Waals surface area contributed by atoms with Crippen molar-refractivity contribution in [2.24, 2.45) is 5.73 Å². The van der Waals surface area contributed by atoms with Crippen LogP contribution in [0.15, 0.2) is 358 Å². The molecular formula is C103H97N7O7. The van der Waals surface area contributed by atoms with Crippen molar-refractivity contribution in [1.82, 2.24) is 29.4 Å². The van der Waals surface area contributed by atoms with Crippen LogP contribution in [0.25, 0.3) is 0 Å². The number of nitrogens with zero attached hydrogens (tertiary/aromatic N) is 6. The summed E-state index contributed by atoms with van der Waals surface area (Å²) in [7, 11) is 0. The van der Waals surface area contributed by atoms with E-state index in [-0.39, 0.29) is 80.8 Å². The van der Waals surface area contributed by atoms with Gasteiger partial charge >= 0.3 is 0 Å². The first kappa shape index (κ1) is 81.2. The molecule has 14 heteroatoms. The number of nitrogens with two attached hydrogens (primary N) is 1. The number of rotatable bonds is 31. The molecule has 0 saturated heterocycles. The first-order valence-electron chi connectivity index (χ1n) is 39.9. The summed E-state index contributed by atoms with van der Waals surface area (Å²) in [5, 5.41) is 0. The van der Waals surface area contributed by atoms with E-state index in [2.05, 4.69) is 0 Å². The molecule has 0 aliphatic heterocycles. The van der Waals surface area contributed by atoms with Crippen molar-refractivity contribution < 1.29 is 33.6 Å². The average Bonchev–Trinajstić information content (AvgIpc) is 0.797. The minimum atomic E-state index is -0.607. The van der Waals surface area contributed by atoms with Crippen molar-refractivity contribution in [2.45, 2.75) is 117 Å². The summed E-state index contributed by atoms with van der Waals surface area (Å²) in [6, 6.07) is 109. The predicted octanol–water partition coefficient (Wildman–Crippen LogP) is 21.2. The lowest BCUT2D eigenvalue weighted by Gasteiger charge is -2.35. The van der Waals surface area contributed by atoms with Crippen molar-refractivity contribution >= 4 is 41.4 Å². The van der Waals surface area contributed by atoms with Crippen LogP contribution in [-0.2, 0) is 39.3 Å². The second-order valence-electron chi connectivity index (χ2n) is 29.8. The molecule has 7 amide bonds. The highest BCUT2D eigenvalue weighted by Gasteiger charge is 2.36. The Balaban J connectivity index is 0.841. The molecule has 0 radical (unpaired) electrons. The Kier molecular flexibility index (Phi) is 26.6. The van der Waals surface area contributed by atoms with Gasteiger partial charge in [0.25, 0.3) is 35.4 Å². The van der Waals surface area contributed by atoms with Gasteiger partial charge in [0.2, 0.25) is 5.91 Å². The largest absolute Gasteiger partial charge is 0.366 e. The third-order valence-corrected chi connectivity index (χ3v) is 22.6. The van der Waals surface area contributed by atoms with Crippen LogP contribution < -0.4 is 5.73 Å². The van der Waals surface area contributed by atoms with Crippen LogP contribution in [-0.4, -0.2) is 70.7 Å². The van der Waals surface area contributed by atoms with E-state index < -0.39 is 36.1 Å². The number of benzene rings is 13. The van der Waals surface area contributed by atoms with Gasteiger partial charge in [-0.05, 0) is 157 Å². The van der Waals surface area contributed by atoms with Gasteiger partial charge in [0, 0.05) is 78.2 Å². The van der Waals surface area contributed by atoms with E-state index in [1.165, 1.54) is 0 Å². The highest BCUT2D eigenvalue weighted by atomic mass is 16.2. The lowest BCUT2D eigenvalue weighted by molar-refractivity contribution is 0.0626. The van der Waals surface area contributed by atoms with E-state index in [0.717, 1.165) is 33.4 Å². The number of carbonyl (C=O) groups excluding carboxylic acids is 7. The Labute approximate surface area is 686 Å². The van der Waals surface area contributed by atoms with Gasteiger partial charge < -0.3 is 35.1 Å². The number of amides is 7. The van der Waals surface area contributed by atoms with Crippen LogP contribution in [0.1, 0.15) is 217 Å². The second-order valence-corrected chi connectivity index (χ2v) is 29.8. The summed E-state index contributed by atoms with van der Waals surface area (Å²) in [5.41, 5.74) is 17.5. The van der Waals surface area contributed by atoms with Crippen molar-refractivity contribution in [3.05, 3.63) is 464 Å². The molecule has 13 aromatic carbocycles. The van der Waals surface area contributed by atoms with Crippen molar-refractivity contribution in [3.8, 4) is 0 Å². The van der Waals surface area contributed by atoms with Crippen molar-refractivity contribution in [3.63, 3.8) is 0 Å². The van der Waals surface area contributed by atoms with Crippen LogP contribution in [0, 0.1) is 0 Å². The molecular weight excluding hydrogens is 1450 g/mol. The molecule has 117 heavy (non-hydrogen) atoms. The fourth-order valence-corrected chi connectivity index (χ4v) is 15.6. The molecule has 0 unspecified atom stereocenters. The smallest absolute Gasteiger partial charge is 0.255 e. The number of carbonyl (C=O) groups is 7. The lowest BCUT2D eigenvalue weighted by Crippen LogP contribution is -2.38. The second kappa shape index (κ2) is 38.3. The highest BCUT2D eigenvalue weighted by molar-refractivity contribution is 6.01. The van der Waals surface area contributed by atoms with E-state index in [0.29, 0.717) is 72.3 Å². The van der Waals surface area contributed by atoms with Gasteiger partial charge in [-0.2, -0.15) is 0 Å². The Morgan fingerprint density at radius 3 is 0.530 bits per heavy atom. The molecule has 0 saturated carbocycles. The fraction of sp³-hybridized carbons (Fsp3) is 0.175. The molecule has 0 aliphatic rings. The summed E-state index contributed by atoms with van der Waals surface area (Å²) >= 11 is 0. The van der Waals surface area contributed by atoms with Gasteiger partial charge in [-0.15, -0.1) is 0 Å². The number of hydrogen-bond acceptors (Lipinski definition) is 7. The molecule has 14 nitrogen and oxygen atoms in total. The zero-order valence-corrected chi connectivity index (χ0v) is 66.9. The molecule has 0 aromatic heterocycles. The first-order valence-corrected chi connectivity index (χ1v) is 39.9. The Bertz CT molecular complexity index is 5580. The SMILES string of the molecule is C[C@@H](c1ccccc1)N(Cc1ccccc1C(=O)N(Cc1ccccc1C(=O)N(Cc1ccccc1C(=O)N(Cc1ccccc1C(=O)N(Cc1ccccc1C(=O)N(Cc1ccccc1C(N)=O)[C@@H](C)c1ccccc1)[C@@H](C)c1ccccc1)[C@@H](C)c1ccccc1)[C@@H](C)c1ccccc1)[C@@H](C)c1ccccc1)C(=O)c1ccccc1. The van der Waals surface area contributed by atoms with E-state index in [9.17, 15) is 9.59 Å². The molecule has 0 aliphatic carbocycles. The fourth-order valence-electron chi connectivity index (χ4n) is 15.6. The van der Waals surface area contributed by atoms with E-state index in [1.807, 2.05) is 356 Å². The van der Waals surface area contributed by atoms with Gasteiger partial charge in [-0.1, -0.05) is 309 Å². The van der Waals surface area contributed by atoms with Crippen molar-refractivity contribution in [1.29, 1.82) is 0 Å². The standard InChI is InChI=1S/C103H97N7O7/c1-72(78-40-14-7-15-41-78)105(98(112)84-52-26-13-27-53-84)67-86-55-29-35-61-92(86)100(114)107(74(3)80-44-18-9-19-45-80)69-88-57-31-37-63-94(88)102(116)109(76(5)82-48-22-11-23-49-82)71-90-59-33-39-65-96(90)103(117)110(77(6)83-50-24-12-25-51-83)70-89-58-32-38-64-95(89)101(115)108(75(4)81-46-20-10-21-47-81)68-87-56-30-36-62-93(87)99(113)106(73(2)79-42-16-8-17-43-79)66-85-54-28-34-60-91(85)97(104)111/h7-65,72-77H,66-71H2,1-6H3,(H2,104,111)/t72-,73-,74-,75-,76-,77-/m0/s1. The van der Waals surface area contributed by atoms with Crippen molar-refractivity contribution in [2.75, 3.05) is 0 Å². The van der Waals surface area contributed by atoms with Gasteiger partial charge in [0.1, 0.15) is 0 Å². The molecule has 6 atom stereocenters. The third-order valence-electron chi connectivity index (χ3n) is 22.6. The Morgan fingerprint density at radius 2 is 0.342 bits per heavy atom. The van der Waals surface area contributed by atoms with Gasteiger partial charge in [-0.3, -0.25) is 33.6 Å². The third kappa shape index (κ3) is 19.0. The van der Waals surface area contributed by atoms with Crippen LogP contribution >= 0.6 is 0 Å². The summed E-state index contributed by atoms with van der Waals surface area (Å²) < 4.78 is 0. The quantitative estimate of drug-likeness (QED) is 0.0452. The molecule has 0 spiro atoms. The highest BCUT2D eigenvalue weighted by Crippen LogP contribution is 2.37. The van der Waals surface area contributed by atoms with Crippen LogP contribution in [0.2, 0.25) is 0 Å². The summed E-state index contributed by atoms with van der Waals surface area (Å²) in [6.07, 6.45) is 0. The monoisotopic (exact) mass is 1540 g/mol. The van der Waals surface area contributed by atoms with Crippen LogP contribution in [0.3, 0.4) is 0 Å². The average molecular weight is 1540 g/mol. The molecule has 586 valence electrons. The normalized spacial score (nSPS) is 12.6. The molecule has 13 aromatic rings.